The Balaban J connectivity index is 1.56. The molecule has 0 saturated heterocycles. The largest absolute Gasteiger partial charge is 0.496 e. The number of nitrogens with zero attached hydrogens (tertiary/aromatic N) is 3. The summed E-state index contributed by atoms with van der Waals surface area (Å²) < 4.78 is 12.7. The average Bonchev–Trinajstić information content (AvgIpc) is 3.16. The zero-order valence-corrected chi connectivity index (χ0v) is 19.9. The van der Waals surface area contributed by atoms with Crippen molar-refractivity contribution in [1.82, 2.24) is 19.9 Å². The molecule has 0 spiro atoms. The van der Waals surface area contributed by atoms with Crippen molar-refractivity contribution in [3.8, 4) is 22.6 Å². The molecule has 170 valence electrons. The molecular formula is C25H26N4O3S. The minimum atomic E-state index is -0.0673. The molecular weight excluding hydrogens is 436 g/mol. The Bertz CT molecular complexity index is 1300. The number of benzene rings is 2. The van der Waals surface area contributed by atoms with Gasteiger partial charge in [0.25, 0.3) is 0 Å². The van der Waals surface area contributed by atoms with Crippen LogP contribution in [0.3, 0.4) is 0 Å². The number of carbonyl (C=O) groups is 1. The Labute approximate surface area is 197 Å². The van der Waals surface area contributed by atoms with Crippen molar-refractivity contribution in [2.24, 2.45) is 0 Å². The van der Waals surface area contributed by atoms with Gasteiger partial charge in [-0.05, 0) is 32.0 Å². The van der Waals surface area contributed by atoms with Gasteiger partial charge in [0.15, 0.2) is 5.65 Å². The highest BCUT2D eigenvalue weighted by molar-refractivity contribution is 7.99. The van der Waals surface area contributed by atoms with Gasteiger partial charge < -0.3 is 14.8 Å². The Morgan fingerprint density at radius 3 is 2.48 bits per heavy atom. The minimum Gasteiger partial charge on any atom is -0.496 e. The lowest BCUT2D eigenvalue weighted by atomic mass is 10.1. The van der Waals surface area contributed by atoms with Crippen LogP contribution in [0.4, 0.5) is 0 Å². The maximum atomic E-state index is 12.6. The van der Waals surface area contributed by atoms with Crippen LogP contribution < -0.4 is 14.8 Å². The summed E-state index contributed by atoms with van der Waals surface area (Å²) in [5, 5.41) is 8.55. The molecule has 0 radical (unpaired) electrons. The van der Waals surface area contributed by atoms with Crippen molar-refractivity contribution >= 4 is 23.3 Å². The van der Waals surface area contributed by atoms with Gasteiger partial charge in [0.1, 0.15) is 16.5 Å². The lowest BCUT2D eigenvalue weighted by Crippen LogP contribution is -2.25. The highest BCUT2D eigenvalue weighted by Gasteiger charge is 2.19. The molecule has 0 unspecified atom stereocenters. The summed E-state index contributed by atoms with van der Waals surface area (Å²) in [7, 11) is 3.28. The third kappa shape index (κ3) is 4.80. The van der Waals surface area contributed by atoms with Crippen LogP contribution in [0, 0.1) is 13.8 Å². The molecule has 33 heavy (non-hydrogen) atoms. The van der Waals surface area contributed by atoms with E-state index in [9.17, 15) is 4.79 Å². The number of methoxy groups -OCH3 is 2. The third-order valence-electron chi connectivity index (χ3n) is 5.26. The summed E-state index contributed by atoms with van der Waals surface area (Å²) in [6.07, 6.45) is 0. The van der Waals surface area contributed by atoms with Crippen LogP contribution in [0.25, 0.3) is 16.8 Å². The number of nitrogens with one attached hydrogen (secondary N) is 1. The van der Waals surface area contributed by atoms with Crippen LogP contribution in [0.2, 0.25) is 0 Å². The van der Waals surface area contributed by atoms with Gasteiger partial charge in [0, 0.05) is 23.4 Å². The highest BCUT2D eigenvalue weighted by atomic mass is 32.2. The van der Waals surface area contributed by atoms with E-state index in [1.54, 1.807) is 14.2 Å². The molecule has 0 fully saturated rings. The van der Waals surface area contributed by atoms with Crippen LogP contribution in [0.5, 0.6) is 11.5 Å². The van der Waals surface area contributed by atoms with E-state index >= 15 is 0 Å². The number of aryl methyl sites for hydroxylation is 2. The topological polar surface area (TPSA) is 77.8 Å². The molecule has 2 aromatic carbocycles. The zero-order chi connectivity index (χ0) is 23.4. The SMILES string of the molecule is COc1ccccc1CNC(=O)CSc1cc(C)nc2c(-c3ccccc3OC)c(C)nn12. The maximum Gasteiger partial charge on any atom is 0.230 e. The van der Waals surface area contributed by atoms with E-state index in [0.29, 0.717) is 6.54 Å². The summed E-state index contributed by atoms with van der Waals surface area (Å²) >= 11 is 1.43. The molecule has 4 rings (SSSR count). The van der Waals surface area contributed by atoms with Crippen molar-refractivity contribution in [2.45, 2.75) is 25.4 Å². The lowest BCUT2D eigenvalue weighted by molar-refractivity contribution is -0.118. The first-order chi connectivity index (χ1) is 16.0. The molecule has 0 aliphatic carbocycles. The first-order valence-corrected chi connectivity index (χ1v) is 11.5. The molecule has 1 N–H and O–H groups in total. The molecule has 7 nitrogen and oxygen atoms in total. The average molecular weight is 463 g/mol. The van der Waals surface area contributed by atoms with Crippen LogP contribution in [0.1, 0.15) is 17.0 Å². The quantitative estimate of drug-likeness (QED) is 0.308. The molecule has 0 atom stereocenters. The number of thioether (sulfide) groups is 1. The molecule has 0 aliphatic heterocycles. The number of rotatable bonds is 8. The number of ether oxygens (including phenoxy) is 2. The van der Waals surface area contributed by atoms with E-state index in [-0.39, 0.29) is 11.7 Å². The van der Waals surface area contributed by atoms with Crippen LogP contribution >= 0.6 is 11.8 Å². The zero-order valence-electron chi connectivity index (χ0n) is 19.1. The number of hydrogen-bond donors (Lipinski definition) is 1. The number of para-hydroxylation sites is 2. The van der Waals surface area contributed by atoms with Crippen molar-refractivity contribution in [1.29, 1.82) is 0 Å². The smallest absolute Gasteiger partial charge is 0.230 e. The van der Waals surface area contributed by atoms with Crippen molar-refractivity contribution in [3.63, 3.8) is 0 Å². The number of carbonyl (C=O) groups excluding carboxylic acids is 1. The van der Waals surface area contributed by atoms with Gasteiger partial charge in [-0.3, -0.25) is 4.79 Å². The van der Waals surface area contributed by atoms with Gasteiger partial charge in [-0.25, -0.2) is 9.50 Å². The first kappa shape index (κ1) is 22.7. The number of aromatic nitrogens is 3. The van der Waals surface area contributed by atoms with Gasteiger partial charge in [-0.2, -0.15) is 5.10 Å². The van der Waals surface area contributed by atoms with Gasteiger partial charge in [-0.15, -0.1) is 0 Å². The van der Waals surface area contributed by atoms with Crippen molar-refractivity contribution < 1.29 is 14.3 Å². The predicted octanol–water partition coefficient (Wildman–Crippen LogP) is 4.44. The lowest BCUT2D eigenvalue weighted by Gasteiger charge is -2.10. The summed E-state index contributed by atoms with van der Waals surface area (Å²) in [6, 6.07) is 17.4. The summed E-state index contributed by atoms with van der Waals surface area (Å²) in [5.41, 5.74) is 5.25. The second kappa shape index (κ2) is 9.95. The second-order valence-electron chi connectivity index (χ2n) is 7.51. The number of hydrogen-bond acceptors (Lipinski definition) is 6. The predicted molar refractivity (Wildman–Crippen MR) is 130 cm³/mol. The molecule has 8 heteroatoms. The van der Waals surface area contributed by atoms with Gasteiger partial charge in [0.05, 0.1) is 31.2 Å². The van der Waals surface area contributed by atoms with E-state index in [4.69, 9.17) is 19.6 Å². The normalized spacial score (nSPS) is 10.9. The minimum absolute atomic E-state index is 0.0673. The molecule has 0 aliphatic rings. The Hall–Kier alpha value is -3.52. The molecule has 4 aromatic rings. The van der Waals surface area contributed by atoms with E-state index < -0.39 is 0 Å². The van der Waals surface area contributed by atoms with Crippen molar-refractivity contribution in [3.05, 3.63) is 71.5 Å². The fraction of sp³-hybridized carbons (Fsp3) is 0.240. The van der Waals surface area contributed by atoms with Gasteiger partial charge in [-0.1, -0.05) is 48.2 Å². The Kier molecular flexibility index (Phi) is 6.84. The molecule has 2 heterocycles. The summed E-state index contributed by atoms with van der Waals surface area (Å²) in [6.45, 7) is 4.31. The third-order valence-corrected chi connectivity index (χ3v) is 6.25. The molecule has 1 amide bonds. The van der Waals surface area contributed by atoms with Crippen LogP contribution in [0.15, 0.2) is 59.6 Å². The van der Waals surface area contributed by atoms with E-state index in [2.05, 4.69) is 5.32 Å². The van der Waals surface area contributed by atoms with Crippen LogP contribution in [-0.2, 0) is 11.3 Å². The second-order valence-corrected chi connectivity index (χ2v) is 8.50. The van der Waals surface area contributed by atoms with Crippen molar-refractivity contribution in [2.75, 3.05) is 20.0 Å². The molecule has 0 bridgehead atoms. The monoisotopic (exact) mass is 462 g/mol. The molecule has 2 aromatic heterocycles. The Morgan fingerprint density at radius 1 is 1.03 bits per heavy atom. The fourth-order valence-corrected chi connectivity index (χ4v) is 4.60. The highest BCUT2D eigenvalue weighted by Crippen LogP contribution is 2.35. The first-order valence-electron chi connectivity index (χ1n) is 10.5. The van der Waals surface area contributed by atoms with E-state index in [0.717, 1.165) is 50.3 Å². The summed E-state index contributed by atoms with van der Waals surface area (Å²) in [4.78, 5) is 17.3. The van der Waals surface area contributed by atoms with E-state index in [1.807, 2.05) is 73.0 Å². The van der Waals surface area contributed by atoms with Crippen LogP contribution in [-0.4, -0.2) is 40.5 Å². The maximum absolute atomic E-state index is 12.6. The number of fused-ring (bicyclic) bond motifs is 1. The number of amides is 1. The molecule has 0 saturated carbocycles. The fourth-order valence-electron chi connectivity index (χ4n) is 3.71. The summed E-state index contributed by atoms with van der Waals surface area (Å²) in [5.74, 6) is 1.72. The van der Waals surface area contributed by atoms with Gasteiger partial charge in [0.2, 0.25) is 5.91 Å². The standard InChI is InChI=1S/C25H26N4O3S/c1-16-13-23(33-15-22(30)26-14-18-9-5-7-11-20(18)31-3)29-25(27-16)24(17(2)28-29)19-10-6-8-12-21(19)32-4/h5-13H,14-15H2,1-4H3,(H,26,30). The van der Waals surface area contributed by atoms with Gasteiger partial charge >= 0.3 is 0 Å². The van der Waals surface area contributed by atoms with E-state index in [1.165, 1.54) is 11.8 Å². The Morgan fingerprint density at radius 2 is 1.73 bits per heavy atom.